The van der Waals surface area contributed by atoms with Gasteiger partial charge in [0.2, 0.25) is 11.8 Å². The number of benzene rings is 1. The minimum atomic E-state index is -0.359. The SMILES string of the molecule is COc1ccccc1N1CC(C(=O)NCCNc2ccccn2)CC1=O. The Bertz CT molecular complexity index is 766. The van der Waals surface area contributed by atoms with Crippen molar-refractivity contribution in [1.29, 1.82) is 0 Å². The molecule has 1 saturated heterocycles. The van der Waals surface area contributed by atoms with Crippen LogP contribution in [-0.2, 0) is 9.59 Å². The Labute approximate surface area is 152 Å². The van der Waals surface area contributed by atoms with Gasteiger partial charge in [-0.05, 0) is 24.3 Å². The van der Waals surface area contributed by atoms with Gasteiger partial charge in [-0.25, -0.2) is 4.98 Å². The Hall–Kier alpha value is -3.09. The first-order chi connectivity index (χ1) is 12.7. The molecule has 0 bridgehead atoms. The molecule has 0 spiro atoms. The van der Waals surface area contributed by atoms with Crippen LogP contribution in [0.15, 0.2) is 48.7 Å². The number of rotatable bonds is 7. The van der Waals surface area contributed by atoms with Gasteiger partial charge in [-0.15, -0.1) is 0 Å². The molecule has 2 amide bonds. The number of hydrogen-bond acceptors (Lipinski definition) is 5. The summed E-state index contributed by atoms with van der Waals surface area (Å²) in [5.74, 6) is 0.851. The van der Waals surface area contributed by atoms with E-state index in [0.717, 1.165) is 5.82 Å². The molecule has 2 N–H and O–H groups in total. The maximum absolute atomic E-state index is 12.4. The highest BCUT2D eigenvalue weighted by Crippen LogP contribution is 2.32. The smallest absolute Gasteiger partial charge is 0.227 e. The van der Waals surface area contributed by atoms with Crippen LogP contribution in [-0.4, -0.2) is 43.5 Å². The molecule has 1 unspecified atom stereocenters. The molecule has 1 atom stereocenters. The Balaban J connectivity index is 1.51. The van der Waals surface area contributed by atoms with E-state index in [-0.39, 0.29) is 24.2 Å². The number of nitrogens with one attached hydrogen (secondary N) is 2. The van der Waals surface area contributed by atoms with E-state index < -0.39 is 0 Å². The third-order valence-electron chi connectivity index (χ3n) is 4.27. The molecule has 0 radical (unpaired) electrons. The predicted molar refractivity (Wildman–Crippen MR) is 99.2 cm³/mol. The Morgan fingerprint density at radius 2 is 2.04 bits per heavy atom. The summed E-state index contributed by atoms with van der Waals surface area (Å²) in [7, 11) is 1.57. The molecule has 1 aliphatic rings. The summed E-state index contributed by atoms with van der Waals surface area (Å²) < 4.78 is 5.31. The topological polar surface area (TPSA) is 83.6 Å². The number of amides is 2. The minimum Gasteiger partial charge on any atom is -0.495 e. The van der Waals surface area contributed by atoms with E-state index in [4.69, 9.17) is 4.74 Å². The summed E-state index contributed by atoms with van der Waals surface area (Å²) >= 11 is 0. The fraction of sp³-hybridized carbons (Fsp3) is 0.316. The second-order valence-electron chi connectivity index (χ2n) is 6.01. The van der Waals surface area contributed by atoms with Gasteiger partial charge in [0.1, 0.15) is 11.6 Å². The van der Waals surface area contributed by atoms with Crippen LogP contribution in [0.25, 0.3) is 0 Å². The van der Waals surface area contributed by atoms with Crippen molar-refractivity contribution in [2.24, 2.45) is 5.92 Å². The van der Waals surface area contributed by atoms with Crippen LogP contribution in [0.3, 0.4) is 0 Å². The van der Waals surface area contributed by atoms with Crippen molar-refractivity contribution in [2.45, 2.75) is 6.42 Å². The summed E-state index contributed by atoms with van der Waals surface area (Å²) in [6, 6.07) is 12.9. The van der Waals surface area contributed by atoms with Gasteiger partial charge in [0.15, 0.2) is 0 Å². The third-order valence-corrected chi connectivity index (χ3v) is 4.27. The Morgan fingerprint density at radius 3 is 2.81 bits per heavy atom. The van der Waals surface area contributed by atoms with Crippen molar-refractivity contribution >= 4 is 23.3 Å². The fourth-order valence-electron chi connectivity index (χ4n) is 2.96. The maximum atomic E-state index is 12.4. The molecule has 0 aliphatic carbocycles. The maximum Gasteiger partial charge on any atom is 0.227 e. The highest BCUT2D eigenvalue weighted by Gasteiger charge is 2.35. The molecule has 7 heteroatoms. The predicted octanol–water partition coefficient (Wildman–Crippen LogP) is 1.67. The summed E-state index contributed by atoms with van der Waals surface area (Å²) in [6.07, 6.45) is 1.91. The summed E-state index contributed by atoms with van der Waals surface area (Å²) in [5.41, 5.74) is 0.701. The normalized spacial score (nSPS) is 16.4. The molecular formula is C19H22N4O3. The van der Waals surface area contributed by atoms with E-state index >= 15 is 0 Å². The molecule has 3 rings (SSSR count). The van der Waals surface area contributed by atoms with Crippen molar-refractivity contribution in [2.75, 3.05) is 37.0 Å². The summed E-state index contributed by atoms with van der Waals surface area (Å²) in [5, 5.41) is 6.01. The zero-order valence-electron chi connectivity index (χ0n) is 14.6. The highest BCUT2D eigenvalue weighted by atomic mass is 16.5. The third kappa shape index (κ3) is 4.11. The van der Waals surface area contributed by atoms with Gasteiger partial charge in [0.05, 0.1) is 18.7 Å². The van der Waals surface area contributed by atoms with E-state index in [9.17, 15) is 9.59 Å². The van der Waals surface area contributed by atoms with E-state index in [1.165, 1.54) is 0 Å². The second kappa shape index (κ2) is 8.33. The van der Waals surface area contributed by atoms with Gasteiger partial charge >= 0.3 is 0 Å². The monoisotopic (exact) mass is 354 g/mol. The first-order valence-corrected chi connectivity index (χ1v) is 8.55. The van der Waals surface area contributed by atoms with Crippen LogP contribution in [0, 0.1) is 5.92 Å². The number of nitrogens with zero attached hydrogens (tertiary/aromatic N) is 2. The van der Waals surface area contributed by atoms with Crippen molar-refractivity contribution < 1.29 is 14.3 Å². The molecule has 1 aromatic heterocycles. The Morgan fingerprint density at radius 1 is 1.23 bits per heavy atom. The van der Waals surface area contributed by atoms with Crippen molar-refractivity contribution in [1.82, 2.24) is 10.3 Å². The van der Waals surface area contributed by atoms with Crippen molar-refractivity contribution in [3.05, 3.63) is 48.7 Å². The van der Waals surface area contributed by atoms with Crippen molar-refractivity contribution in [3.63, 3.8) is 0 Å². The molecule has 26 heavy (non-hydrogen) atoms. The Kier molecular flexibility index (Phi) is 5.68. The number of aromatic nitrogens is 1. The first-order valence-electron chi connectivity index (χ1n) is 8.55. The quantitative estimate of drug-likeness (QED) is 0.739. The lowest BCUT2D eigenvalue weighted by Crippen LogP contribution is -2.35. The fourth-order valence-corrected chi connectivity index (χ4v) is 2.96. The van der Waals surface area contributed by atoms with Crippen LogP contribution in [0.5, 0.6) is 5.75 Å². The van der Waals surface area contributed by atoms with E-state index in [1.807, 2.05) is 36.4 Å². The molecule has 1 fully saturated rings. The number of ether oxygens (including phenoxy) is 1. The molecule has 1 aromatic carbocycles. The average Bonchev–Trinajstić information content (AvgIpc) is 3.07. The number of anilines is 2. The molecule has 1 aliphatic heterocycles. The van der Waals surface area contributed by atoms with Crippen LogP contribution in [0.2, 0.25) is 0 Å². The van der Waals surface area contributed by atoms with E-state index in [1.54, 1.807) is 24.3 Å². The largest absolute Gasteiger partial charge is 0.495 e. The number of carbonyl (C=O) groups is 2. The van der Waals surface area contributed by atoms with E-state index in [2.05, 4.69) is 15.6 Å². The zero-order chi connectivity index (χ0) is 18.4. The van der Waals surface area contributed by atoms with Gasteiger partial charge < -0.3 is 20.3 Å². The summed E-state index contributed by atoms with van der Waals surface area (Å²) in [4.78, 5) is 30.5. The lowest BCUT2D eigenvalue weighted by Gasteiger charge is -2.19. The molecule has 136 valence electrons. The lowest BCUT2D eigenvalue weighted by atomic mass is 10.1. The number of carbonyl (C=O) groups excluding carboxylic acids is 2. The zero-order valence-corrected chi connectivity index (χ0v) is 14.6. The van der Waals surface area contributed by atoms with Gasteiger partial charge in [-0.2, -0.15) is 0 Å². The van der Waals surface area contributed by atoms with E-state index in [0.29, 0.717) is 31.1 Å². The number of pyridine rings is 1. The van der Waals surface area contributed by atoms with Gasteiger partial charge in [-0.1, -0.05) is 18.2 Å². The van der Waals surface area contributed by atoms with Crippen LogP contribution >= 0.6 is 0 Å². The minimum absolute atomic E-state index is 0.0683. The van der Waals surface area contributed by atoms with Gasteiger partial charge in [-0.3, -0.25) is 9.59 Å². The second-order valence-corrected chi connectivity index (χ2v) is 6.01. The molecule has 2 aromatic rings. The highest BCUT2D eigenvalue weighted by molar-refractivity contribution is 6.01. The lowest BCUT2D eigenvalue weighted by molar-refractivity contribution is -0.126. The number of para-hydroxylation sites is 2. The standard InChI is InChI=1S/C19H22N4O3/c1-26-16-7-3-2-6-15(16)23-13-14(12-18(23)24)19(25)22-11-10-21-17-8-4-5-9-20-17/h2-9,14H,10-13H2,1H3,(H,20,21)(H,22,25). The molecule has 2 heterocycles. The van der Waals surface area contributed by atoms with Crippen LogP contribution < -0.4 is 20.3 Å². The van der Waals surface area contributed by atoms with Crippen LogP contribution in [0.4, 0.5) is 11.5 Å². The average molecular weight is 354 g/mol. The molecule has 7 nitrogen and oxygen atoms in total. The number of hydrogen-bond donors (Lipinski definition) is 2. The van der Waals surface area contributed by atoms with Gasteiger partial charge in [0.25, 0.3) is 0 Å². The summed E-state index contributed by atoms with van der Waals surface area (Å²) in [6.45, 7) is 1.40. The first kappa shape index (κ1) is 17.7. The van der Waals surface area contributed by atoms with Gasteiger partial charge in [0, 0.05) is 32.3 Å². The molecular weight excluding hydrogens is 332 g/mol. The van der Waals surface area contributed by atoms with Crippen molar-refractivity contribution in [3.8, 4) is 5.75 Å². The molecule has 0 saturated carbocycles. The van der Waals surface area contributed by atoms with Crippen LogP contribution in [0.1, 0.15) is 6.42 Å². The number of methoxy groups -OCH3 is 1.